The van der Waals surface area contributed by atoms with Crippen molar-refractivity contribution in [1.82, 2.24) is 9.55 Å². The van der Waals surface area contributed by atoms with Gasteiger partial charge in [-0.25, -0.2) is 9.78 Å². The van der Waals surface area contributed by atoms with E-state index in [1.807, 2.05) is 52.0 Å². The molecule has 2 fully saturated rings. The lowest BCUT2D eigenvalue weighted by Crippen LogP contribution is -2.56. The van der Waals surface area contributed by atoms with Gasteiger partial charge in [-0.3, -0.25) is 0 Å². The lowest BCUT2D eigenvalue weighted by atomic mass is 9.72. The zero-order valence-electron chi connectivity index (χ0n) is 21.9. The highest BCUT2D eigenvalue weighted by Crippen LogP contribution is 2.49. The van der Waals surface area contributed by atoms with Gasteiger partial charge in [0.05, 0.1) is 23.9 Å². The van der Waals surface area contributed by atoms with Gasteiger partial charge in [0.25, 0.3) is 0 Å². The highest BCUT2D eigenvalue weighted by Gasteiger charge is 2.49. The second-order valence-corrected chi connectivity index (χ2v) is 11.9. The molecule has 1 unspecified atom stereocenters. The number of aryl methyl sites for hydroxylation is 2. The van der Waals surface area contributed by atoms with Crippen molar-refractivity contribution in [2.75, 3.05) is 0 Å². The van der Waals surface area contributed by atoms with Crippen LogP contribution in [0.1, 0.15) is 75.1 Å². The van der Waals surface area contributed by atoms with E-state index in [9.17, 15) is 9.90 Å². The summed E-state index contributed by atoms with van der Waals surface area (Å²) in [5.74, 6) is -1.04. The predicted molar refractivity (Wildman–Crippen MR) is 142 cm³/mol. The highest BCUT2D eigenvalue weighted by molar-refractivity contribution is 6.30. The molecule has 0 radical (unpaired) electrons. The Balaban J connectivity index is 1.71. The van der Waals surface area contributed by atoms with Crippen LogP contribution in [0.5, 0.6) is 0 Å². The lowest BCUT2D eigenvalue weighted by Gasteiger charge is -2.54. The van der Waals surface area contributed by atoms with Crippen molar-refractivity contribution in [2.24, 2.45) is 0 Å². The number of carboxylic acids is 1. The minimum absolute atomic E-state index is 0.126. The number of hydrogen-bond acceptors (Lipinski definition) is 4. The van der Waals surface area contributed by atoms with E-state index in [2.05, 4.69) is 18.4 Å². The number of rotatable bonds is 6. The van der Waals surface area contributed by atoms with Gasteiger partial charge in [0.2, 0.25) is 0 Å². The molecule has 1 saturated heterocycles. The minimum atomic E-state index is -1.16. The van der Waals surface area contributed by atoms with E-state index in [4.69, 9.17) is 26.1 Å². The number of carbonyl (C=O) groups is 1. The average molecular weight is 511 g/mol. The van der Waals surface area contributed by atoms with Crippen LogP contribution in [-0.2, 0) is 20.8 Å². The second kappa shape index (κ2) is 8.86. The van der Waals surface area contributed by atoms with Gasteiger partial charge in [-0.2, -0.15) is 0 Å². The summed E-state index contributed by atoms with van der Waals surface area (Å²) in [6.45, 7) is 12.4. The maximum Gasteiger partial charge on any atom is 0.337 e. The van der Waals surface area contributed by atoms with Gasteiger partial charge in [0, 0.05) is 39.3 Å². The van der Waals surface area contributed by atoms with E-state index >= 15 is 0 Å². The van der Waals surface area contributed by atoms with Crippen LogP contribution in [0.4, 0.5) is 0 Å². The van der Waals surface area contributed by atoms with Crippen molar-refractivity contribution < 1.29 is 19.4 Å². The summed E-state index contributed by atoms with van der Waals surface area (Å²) < 4.78 is 14.7. The zero-order valence-corrected chi connectivity index (χ0v) is 22.7. The van der Waals surface area contributed by atoms with E-state index in [1.165, 1.54) is 19.3 Å². The third kappa shape index (κ3) is 4.33. The molecule has 3 heterocycles. The van der Waals surface area contributed by atoms with E-state index < -0.39 is 17.7 Å². The number of aliphatic carboxylic acids is 1. The molecule has 1 N–H and O–H groups in total. The maximum atomic E-state index is 12.6. The van der Waals surface area contributed by atoms with Gasteiger partial charge in [0.1, 0.15) is 5.65 Å². The molecule has 1 aromatic carbocycles. The molecule has 1 aliphatic heterocycles. The molecule has 2 atom stereocenters. The van der Waals surface area contributed by atoms with Crippen LogP contribution in [0.3, 0.4) is 0 Å². The summed E-state index contributed by atoms with van der Waals surface area (Å²) in [6, 6.07) is 7.55. The summed E-state index contributed by atoms with van der Waals surface area (Å²) in [4.78, 5) is 17.6. The van der Waals surface area contributed by atoms with Crippen molar-refractivity contribution in [3.8, 4) is 11.1 Å². The molecular formula is C29H35ClN2O4. The van der Waals surface area contributed by atoms with Crippen LogP contribution in [0.2, 0.25) is 5.02 Å². The minimum Gasteiger partial charge on any atom is -0.479 e. The number of benzene rings is 1. The molecule has 1 spiro atoms. The Kier molecular flexibility index (Phi) is 6.21. The Morgan fingerprint density at radius 2 is 1.89 bits per heavy atom. The molecule has 7 heteroatoms. The monoisotopic (exact) mass is 510 g/mol. The van der Waals surface area contributed by atoms with Crippen molar-refractivity contribution in [2.45, 2.75) is 97.2 Å². The smallest absolute Gasteiger partial charge is 0.337 e. The number of nitrogens with zero attached hydrogens (tertiary/aromatic N) is 2. The molecule has 2 aromatic heterocycles. The summed E-state index contributed by atoms with van der Waals surface area (Å²) >= 11 is 6.22. The third-order valence-corrected chi connectivity index (χ3v) is 7.99. The van der Waals surface area contributed by atoms with Crippen molar-refractivity contribution in [3.63, 3.8) is 0 Å². The van der Waals surface area contributed by atoms with Crippen LogP contribution in [-0.4, -0.2) is 37.9 Å². The standard InChI is InChI=1S/C29H35ClN2O4/c1-16-18(3)32(15-21-14-29(35-21)12-7-13-29)26-22(16)24(19-8-10-20(30)11-9-19)23(17(2)31-26)25(27(33)34)36-28(4,5)6/h8-11,21,25H,7,12-15H2,1-6H3,(H,33,34)/t21?,25-/m0/s1. The first-order valence-electron chi connectivity index (χ1n) is 12.7. The Bertz CT molecular complexity index is 1320. The summed E-state index contributed by atoms with van der Waals surface area (Å²) in [5, 5.41) is 11.9. The quantitative estimate of drug-likeness (QED) is 0.389. The Labute approximate surface area is 217 Å². The number of pyridine rings is 1. The van der Waals surface area contributed by atoms with Crippen LogP contribution >= 0.6 is 11.6 Å². The fraction of sp³-hybridized carbons (Fsp3) is 0.517. The first-order chi connectivity index (χ1) is 16.9. The summed E-state index contributed by atoms with van der Waals surface area (Å²) in [7, 11) is 0. The van der Waals surface area contributed by atoms with E-state index in [1.54, 1.807) is 0 Å². The fourth-order valence-electron chi connectivity index (χ4n) is 5.80. The molecule has 6 nitrogen and oxygen atoms in total. The molecule has 3 aromatic rings. The van der Waals surface area contributed by atoms with Crippen LogP contribution in [0, 0.1) is 20.8 Å². The van der Waals surface area contributed by atoms with Crippen LogP contribution < -0.4 is 0 Å². The zero-order chi connectivity index (χ0) is 26.0. The van der Waals surface area contributed by atoms with Crippen molar-refractivity contribution in [1.29, 1.82) is 0 Å². The molecule has 2 aliphatic rings. The molecule has 5 rings (SSSR count). The Morgan fingerprint density at radius 3 is 2.42 bits per heavy atom. The van der Waals surface area contributed by atoms with Gasteiger partial charge < -0.3 is 19.1 Å². The van der Waals surface area contributed by atoms with Crippen LogP contribution in [0.25, 0.3) is 22.2 Å². The topological polar surface area (TPSA) is 73.6 Å². The first-order valence-corrected chi connectivity index (χ1v) is 13.1. The van der Waals surface area contributed by atoms with E-state index in [0.717, 1.165) is 46.4 Å². The van der Waals surface area contributed by atoms with Crippen LogP contribution in [0.15, 0.2) is 24.3 Å². The van der Waals surface area contributed by atoms with Crippen molar-refractivity contribution in [3.05, 3.63) is 51.8 Å². The number of halogens is 1. The Morgan fingerprint density at radius 1 is 1.25 bits per heavy atom. The number of carboxylic acid groups (broad SMARTS) is 1. The number of fused-ring (bicyclic) bond motifs is 1. The van der Waals surface area contributed by atoms with Gasteiger partial charge in [-0.15, -0.1) is 0 Å². The van der Waals surface area contributed by atoms with Gasteiger partial charge >= 0.3 is 5.97 Å². The summed E-state index contributed by atoms with van der Waals surface area (Å²) in [6.07, 6.45) is 3.69. The molecule has 1 saturated carbocycles. The summed E-state index contributed by atoms with van der Waals surface area (Å²) in [5.41, 5.74) is 5.49. The lowest BCUT2D eigenvalue weighted by molar-refractivity contribution is -0.245. The molecular weight excluding hydrogens is 476 g/mol. The molecule has 1 aliphatic carbocycles. The Hall–Kier alpha value is -2.41. The normalized spacial score (nSPS) is 19.8. The predicted octanol–water partition coefficient (Wildman–Crippen LogP) is 6.93. The largest absolute Gasteiger partial charge is 0.479 e. The maximum absolute atomic E-state index is 12.6. The van der Waals surface area contributed by atoms with E-state index in [-0.39, 0.29) is 11.7 Å². The SMILES string of the molecule is Cc1nc2c(c(C)c(C)n2CC2CC3(CCC3)O2)c(-c2ccc(Cl)cc2)c1[C@H](OC(C)(C)C)C(=O)O. The fourth-order valence-corrected chi connectivity index (χ4v) is 5.93. The van der Waals surface area contributed by atoms with Gasteiger partial charge in [-0.05, 0) is 84.1 Å². The van der Waals surface area contributed by atoms with Gasteiger partial charge in [0.15, 0.2) is 6.10 Å². The molecule has 192 valence electrons. The van der Waals surface area contributed by atoms with E-state index in [0.29, 0.717) is 16.3 Å². The average Bonchev–Trinajstić information content (AvgIpc) is 2.96. The van der Waals surface area contributed by atoms with Crippen molar-refractivity contribution >= 4 is 28.6 Å². The van der Waals surface area contributed by atoms with Gasteiger partial charge in [-0.1, -0.05) is 23.7 Å². The highest BCUT2D eigenvalue weighted by atomic mass is 35.5. The second-order valence-electron chi connectivity index (χ2n) is 11.4. The number of hydrogen-bond donors (Lipinski definition) is 1. The first kappa shape index (κ1) is 25.2. The third-order valence-electron chi connectivity index (χ3n) is 7.74. The molecule has 0 amide bonds. The molecule has 0 bridgehead atoms. The number of ether oxygens (including phenoxy) is 2. The number of aromatic nitrogens is 2. The molecule has 36 heavy (non-hydrogen) atoms.